The molecule has 3 rings (SSSR count). The number of fused-ring (bicyclic) bond motifs is 1. The number of rotatable bonds is 3. The van der Waals surface area contributed by atoms with Crippen LogP contribution >= 0.6 is 23.4 Å². The summed E-state index contributed by atoms with van der Waals surface area (Å²) in [6.45, 7) is 0.820. The lowest BCUT2D eigenvalue weighted by Crippen LogP contribution is -2.15. The van der Waals surface area contributed by atoms with E-state index in [-0.39, 0.29) is 10.8 Å². The maximum Gasteiger partial charge on any atom is 0.143 e. The molecule has 1 aliphatic heterocycles. The van der Waals surface area contributed by atoms with Gasteiger partial charge < -0.3 is 5.32 Å². The van der Waals surface area contributed by atoms with Crippen LogP contribution in [0.1, 0.15) is 5.56 Å². The van der Waals surface area contributed by atoms with Crippen LogP contribution in [0.4, 0.5) is 10.1 Å². The number of hydrogen-bond donors (Lipinski definition) is 1. The summed E-state index contributed by atoms with van der Waals surface area (Å²) in [5, 5.41) is 3.93. The van der Waals surface area contributed by atoms with Gasteiger partial charge in [-0.3, -0.25) is 0 Å². The highest BCUT2D eigenvalue weighted by Gasteiger charge is 2.21. The van der Waals surface area contributed by atoms with Gasteiger partial charge in [-0.2, -0.15) is 0 Å². The van der Waals surface area contributed by atoms with E-state index in [1.165, 1.54) is 16.5 Å². The van der Waals surface area contributed by atoms with Crippen molar-refractivity contribution >= 4 is 29.1 Å². The minimum absolute atomic E-state index is 0.160. The summed E-state index contributed by atoms with van der Waals surface area (Å²) in [5.74, 6) is -0.381. The van der Waals surface area contributed by atoms with Crippen molar-refractivity contribution in [1.29, 1.82) is 0 Å². The quantitative estimate of drug-likeness (QED) is 0.887. The third kappa shape index (κ3) is 2.88. The van der Waals surface area contributed by atoms with E-state index in [0.717, 1.165) is 18.7 Å². The van der Waals surface area contributed by atoms with Crippen molar-refractivity contribution in [3.63, 3.8) is 0 Å². The molecule has 4 heteroatoms. The molecule has 0 aromatic heterocycles. The molecule has 2 aromatic carbocycles. The first-order valence-electron chi connectivity index (χ1n) is 6.16. The molecule has 0 spiro atoms. The highest BCUT2D eigenvalue weighted by atomic mass is 35.5. The monoisotopic (exact) mass is 293 g/mol. The molecule has 1 N–H and O–H groups in total. The lowest BCUT2D eigenvalue weighted by Gasteiger charge is -2.11. The topological polar surface area (TPSA) is 12.0 Å². The van der Waals surface area contributed by atoms with Gasteiger partial charge in [-0.1, -0.05) is 29.8 Å². The van der Waals surface area contributed by atoms with Crippen LogP contribution in [-0.4, -0.2) is 11.8 Å². The molecule has 2 aromatic rings. The summed E-state index contributed by atoms with van der Waals surface area (Å²) in [6.07, 6.45) is 1.06. The van der Waals surface area contributed by atoms with Crippen molar-refractivity contribution in [2.75, 3.05) is 11.9 Å². The standard InChI is InChI=1S/C15H13ClFNS/c16-13-6-5-11(8-14(13)17)18-9-12-7-10-3-1-2-4-15(10)19-12/h1-6,8,12,18H,7,9H2. The molecule has 0 saturated carbocycles. The molecule has 1 atom stereocenters. The number of halogens is 2. The SMILES string of the molecule is Fc1cc(NCC2Cc3ccccc3S2)ccc1Cl. The van der Waals surface area contributed by atoms with Gasteiger partial charge in [-0.05, 0) is 36.2 Å². The number of anilines is 1. The predicted molar refractivity (Wildman–Crippen MR) is 79.7 cm³/mol. The number of hydrogen-bond acceptors (Lipinski definition) is 2. The molecule has 98 valence electrons. The van der Waals surface area contributed by atoms with E-state index >= 15 is 0 Å². The van der Waals surface area contributed by atoms with E-state index < -0.39 is 0 Å². The maximum absolute atomic E-state index is 13.3. The van der Waals surface area contributed by atoms with Crippen LogP contribution in [0.3, 0.4) is 0 Å². The molecular formula is C15H13ClFNS. The van der Waals surface area contributed by atoms with Crippen LogP contribution in [0.5, 0.6) is 0 Å². The molecule has 0 fully saturated rings. The van der Waals surface area contributed by atoms with Crippen molar-refractivity contribution in [3.05, 3.63) is 58.9 Å². The summed E-state index contributed by atoms with van der Waals surface area (Å²) in [5.41, 5.74) is 2.18. The van der Waals surface area contributed by atoms with Gasteiger partial charge in [-0.25, -0.2) is 4.39 Å². The molecule has 0 aliphatic carbocycles. The fourth-order valence-corrected chi connectivity index (χ4v) is 3.57. The number of nitrogens with one attached hydrogen (secondary N) is 1. The summed E-state index contributed by atoms with van der Waals surface area (Å²) < 4.78 is 13.3. The lowest BCUT2D eigenvalue weighted by atomic mass is 10.1. The second-order valence-electron chi connectivity index (χ2n) is 4.56. The van der Waals surface area contributed by atoms with Gasteiger partial charge in [0.1, 0.15) is 5.82 Å². The molecule has 19 heavy (non-hydrogen) atoms. The fraction of sp³-hybridized carbons (Fsp3) is 0.200. The van der Waals surface area contributed by atoms with Gasteiger partial charge in [0.2, 0.25) is 0 Å². The molecule has 1 aliphatic rings. The lowest BCUT2D eigenvalue weighted by molar-refractivity contribution is 0.628. The first-order valence-corrected chi connectivity index (χ1v) is 7.41. The van der Waals surface area contributed by atoms with Gasteiger partial charge in [0.25, 0.3) is 0 Å². The largest absolute Gasteiger partial charge is 0.384 e. The average molecular weight is 294 g/mol. The third-order valence-electron chi connectivity index (χ3n) is 3.17. The molecule has 0 saturated heterocycles. The molecule has 0 amide bonds. The third-order valence-corrected chi connectivity index (χ3v) is 4.79. The van der Waals surface area contributed by atoms with Crippen LogP contribution in [0.15, 0.2) is 47.4 Å². The summed E-state index contributed by atoms with van der Waals surface area (Å²) in [6, 6.07) is 13.3. The van der Waals surface area contributed by atoms with Crippen LogP contribution in [0.25, 0.3) is 0 Å². The summed E-state index contributed by atoms with van der Waals surface area (Å²) >= 11 is 7.54. The first kappa shape index (κ1) is 12.8. The van der Waals surface area contributed by atoms with Gasteiger partial charge in [0.15, 0.2) is 0 Å². The molecule has 1 unspecified atom stereocenters. The van der Waals surface area contributed by atoms with E-state index in [4.69, 9.17) is 11.6 Å². The summed E-state index contributed by atoms with van der Waals surface area (Å²) in [4.78, 5) is 1.36. The van der Waals surface area contributed by atoms with E-state index in [2.05, 4.69) is 29.6 Å². The van der Waals surface area contributed by atoms with Gasteiger partial charge in [0.05, 0.1) is 5.02 Å². The highest BCUT2D eigenvalue weighted by Crippen LogP contribution is 2.36. The van der Waals surface area contributed by atoms with Gasteiger partial charge in [0, 0.05) is 22.4 Å². The Kier molecular flexibility index (Phi) is 3.67. The molecule has 1 heterocycles. The maximum atomic E-state index is 13.3. The van der Waals surface area contributed by atoms with E-state index in [1.807, 2.05) is 11.8 Å². The van der Waals surface area contributed by atoms with Crippen LogP contribution < -0.4 is 5.32 Å². The van der Waals surface area contributed by atoms with Crippen molar-refractivity contribution in [1.82, 2.24) is 0 Å². The zero-order chi connectivity index (χ0) is 13.2. The molecular weight excluding hydrogens is 281 g/mol. The van der Waals surface area contributed by atoms with Gasteiger partial charge >= 0.3 is 0 Å². The predicted octanol–water partition coefficient (Wildman–Crippen LogP) is 4.61. The Morgan fingerprint density at radius 2 is 2.11 bits per heavy atom. The van der Waals surface area contributed by atoms with Crippen LogP contribution in [0.2, 0.25) is 5.02 Å². The minimum Gasteiger partial charge on any atom is -0.384 e. The Morgan fingerprint density at radius 3 is 2.89 bits per heavy atom. The average Bonchev–Trinajstić information content (AvgIpc) is 2.83. The summed E-state index contributed by atoms with van der Waals surface area (Å²) in [7, 11) is 0. The zero-order valence-corrected chi connectivity index (χ0v) is 11.8. The second-order valence-corrected chi connectivity index (χ2v) is 6.31. The van der Waals surface area contributed by atoms with E-state index in [9.17, 15) is 4.39 Å². The highest BCUT2D eigenvalue weighted by molar-refractivity contribution is 8.00. The van der Waals surface area contributed by atoms with Crippen molar-refractivity contribution in [2.45, 2.75) is 16.6 Å². The Morgan fingerprint density at radius 1 is 1.26 bits per heavy atom. The van der Waals surface area contributed by atoms with E-state index in [0.29, 0.717) is 5.25 Å². The van der Waals surface area contributed by atoms with Crippen molar-refractivity contribution in [2.24, 2.45) is 0 Å². The smallest absolute Gasteiger partial charge is 0.143 e. The van der Waals surface area contributed by atoms with Crippen LogP contribution in [0, 0.1) is 5.82 Å². The first-order chi connectivity index (χ1) is 9.22. The van der Waals surface area contributed by atoms with Crippen molar-refractivity contribution in [3.8, 4) is 0 Å². The van der Waals surface area contributed by atoms with Crippen molar-refractivity contribution < 1.29 is 4.39 Å². The molecule has 1 nitrogen and oxygen atoms in total. The molecule has 0 bridgehead atoms. The normalized spacial score (nSPS) is 17.3. The van der Waals surface area contributed by atoms with E-state index in [1.54, 1.807) is 12.1 Å². The van der Waals surface area contributed by atoms with Crippen LogP contribution in [-0.2, 0) is 6.42 Å². The minimum atomic E-state index is -0.381. The zero-order valence-electron chi connectivity index (χ0n) is 10.2. The number of thioether (sulfide) groups is 1. The Labute approximate surface area is 121 Å². The van der Waals surface area contributed by atoms with Gasteiger partial charge in [-0.15, -0.1) is 11.8 Å². The Balaban J connectivity index is 1.61. The Hall–Kier alpha value is -1.19. The fourth-order valence-electron chi connectivity index (χ4n) is 2.21. The second kappa shape index (κ2) is 5.43. The Bertz CT molecular complexity index is 577. The molecule has 0 radical (unpaired) electrons. The number of benzene rings is 2.